The Hall–Kier alpha value is -1.03. The van der Waals surface area contributed by atoms with Crippen LogP contribution in [0.15, 0.2) is 6.20 Å². The molecule has 2 fully saturated rings. The number of hydrogen-bond donors (Lipinski definition) is 1. The third-order valence-corrected chi connectivity index (χ3v) is 5.17. The minimum Gasteiger partial charge on any atom is -0.382 e. The maximum Gasteiger partial charge on any atom is 0.203 e. The van der Waals surface area contributed by atoms with Crippen molar-refractivity contribution in [3.8, 4) is 0 Å². The topological polar surface area (TPSA) is 39.1 Å². The Bertz CT molecular complexity index is 457. The van der Waals surface area contributed by atoms with Gasteiger partial charge in [-0.15, -0.1) is 0 Å². The summed E-state index contributed by atoms with van der Waals surface area (Å²) >= 11 is 0. The molecule has 1 aromatic rings. The zero-order valence-electron chi connectivity index (χ0n) is 13.5. The standard InChI is InChI=1S/C17H29N3O/c1-3-21-8-4-7-18-17-19-13(2)11-20(17)12-16-10-14-5-6-15(16)9-14/h11,14-16H,3-10,12H2,1-2H3,(H,18,19). The molecule has 21 heavy (non-hydrogen) atoms. The Morgan fingerprint density at radius 1 is 1.38 bits per heavy atom. The van der Waals surface area contributed by atoms with Crippen LogP contribution in [0.25, 0.3) is 0 Å². The van der Waals surface area contributed by atoms with Gasteiger partial charge in [0.05, 0.1) is 5.69 Å². The maximum absolute atomic E-state index is 5.38. The fourth-order valence-electron chi connectivity index (χ4n) is 4.20. The number of rotatable bonds is 8. The van der Waals surface area contributed by atoms with Crippen molar-refractivity contribution in [1.82, 2.24) is 9.55 Å². The van der Waals surface area contributed by atoms with Crippen molar-refractivity contribution in [3.05, 3.63) is 11.9 Å². The molecule has 2 aliphatic rings. The van der Waals surface area contributed by atoms with E-state index in [1.54, 1.807) is 0 Å². The average molecular weight is 291 g/mol. The summed E-state index contributed by atoms with van der Waals surface area (Å²) in [5, 5.41) is 3.48. The Morgan fingerprint density at radius 3 is 3.00 bits per heavy atom. The Morgan fingerprint density at radius 2 is 2.29 bits per heavy atom. The SMILES string of the molecule is CCOCCCNc1nc(C)cn1CC1CC2CCC1C2. The Kier molecular flexibility index (Phi) is 4.84. The van der Waals surface area contributed by atoms with Gasteiger partial charge in [-0.3, -0.25) is 0 Å². The van der Waals surface area contributed by atoms with Crippen molar-refractivity contribution in [2.24, 2.45) is 17.8 Å². The van der Waals surface area contributed by atoms with Crippen LogP contribution in [0.5, 0.6) is 0 Å². The molecule has 3 atom stereocenters. The normalized spacial score (nSPS) is 27.4. The molecule has 1 heterocycles. The van der Waals surface area contributed by atoms with Gasteiger partial charge in [0.1, 0.15) is 0 Å². The molecule has 2 bridgehead atoms. The van der Waals surface area contributed by atoms with Crippen LogP contribution in [0.2, 0.25) is 0 Å². The number of fused-ring (bicyclic) bond motifs is 2. The third-order valence-electron chi connectivity index (χ3n) is 5.17. The molecule has 118 valence electrons. The molecule has 0 saturated heterocycles. The largest absolute Gasteiger partial charge is 0.382 e. The predicted molar refractivity (Wildman–Crippen MR) is 85.5 cm³/mol. The molecule has 3 rings (SSSR count). The molecule has 0 radical (unpaired) electrons. The monoisotopic (exact) mass is 291 g/mol. The summed E-state index contributed by atoms with van der Waals surface area (Å²) < 4.78 is 7.73. The highest BCUT2D eigenvalue weighted by Gasteiger charge is 2.39. The Labute approximate surface area is 128 Å². The summed E-state index contributed by atoms with van der Waals surface area (Å²) in [4.78, 5) is 4.64. The van der Waals surface area contributed by atoms with Gasteiger partial charge in [0.2, 0.25) is 5.95 Å². The number of hydrogen-bond acceptors (Lipinski definition) is 3. The van der Waals surface area contributed by atoms with Crippen LogP contribution in [0, 0.1) is 24.7 Å². The van der Waals surface area contributed by atoms with Crippen LogP contribution in [0.4, 0.5) is 5.95 Å². The van der Waals surface area contributed by atoms with Crippen LogP contribution in [-0.4, -0.2) is 29.3 Å². The first kappa shape index (κ1) is 14.9. The van der Waals surface area contributed by atoms with E-state index in [2.05, 4.69) is 28.0 Å². The van der Waals surface area contributed by atoms with Crippen LogP contribution in [-0.2, 0) is 11.3 Å². The smallest absolute Gasteiger partial charge is 0.203 e. The molecular weight excluding hydrogens is 262 g/mol. The molecule has 4 nitrogen and oxygen atoms in total. The molecule has 0 aliphatic heterocycles. The van der Waals surface area contributed by atoms with E-state index in [1.165, 1.54) is 25.7 Å². The second-order valence-corrected chi connectivity index (χ2v) is 6.77. The lowest BCUT2D eigenvalue weighted by molar-refractivity contribution is 0.147. The van der Waals surface area contributed by atoms with E-state index in [9.17, 15) is 0 Å². The molecule has 2 saturated carbocycles. The molecule has 0 amide bonds. The lowest BCUT2D eigenvalue weighted by Crippen LogP contribution is -2.19. The lowest BCUT2D eigenvalue weighted by atomic mass is 9.89. The Balaban J connectivity index is 1.52. The lowest BCUT2D eigenvalue weighted by Gasteiger charge is -2.23. The number of aromatic nitrogens is 2. The highest BCUT2D eigenvalue weighted by Crippen LogP contribution is 2.49. The van der Waals surface area contributed by atoms with Gasteiger partial charge < -0.3 is 14.6 Å². The molecule has 0 aromatic carbocycles. The van der Waals surface area contributed by atoms with Crippen LogP contribution in [0.1, 0.15) is 44.7 Å². The number of nitrogens with zero attached hydrogens (tertiary/aromatic N) is 2. The average Bonchev–Trinajstić information content (AvgIpc) is 3.15. The van der Waals surface area contributed by atoms with E-state index in [1.807, 2.05) is 6.92 Å². The van der Waals surface area contributed by atoms with Gasteiger partial charge in [0.15, 0.2) is 0 Å². The molecular formula is C17H29N3O. The molecule has 1 N–H and O–H groups in total. The number of ether oxygens (including phenoxy) is 1. The van der Waals surface area contributed by atoms with Gasteiger partial charge in [-0.2, -0.15) is 0 Å². The molecule has 2 aliphatic carbocycles. The van der Waals surface area contributed by atoms with E-state index in [0.29, 0.717) is 0 Å². The highest BCUT2D eigenvalue weighted by molar-refractivity contribution is 5.28. The molecule has 1 aromatic heterocycles. The fourth-order valence-corrected chi connectivity index (χ4v) is 4.20. The van der Waals surface area contributed by atoms with E-state index in [0.717, 1.165) is 62.1 Å². The second kappa shape index (κ2) is 6.82. The highest BCUT2D eigenvalue weighted by atomic mass is 16.5. The first-order valence-electron chi connectivity index (χ1n) is 8.61. The zero-order valence-corrected chi connectivity index (χ0v) is 13.5. The molecule has 4 heteroatoms. The van der Waals surface area contributed by atoms with E-state index < -0.39 is 0 Å². The number of aryl methyl sites for hydroxylation is 1. The van der Waals surface area contributed by atoms with Crippen molar-refractivity contribution < 1.29 is 4.74 Å². The number of anilines is 1. The summed E-state index contributed by atoms with van der Waals surface area (Å²) in [6.07, 6.45) is 9.10. The van der Waals surface area contributed by atoms with Gasteiger partial charge >= 0.3 is 0 Å². The van der Waals surface area contributed by atoms with Gasteiger partial charge in [-0.1, -0.05) is 6.42 Å². The minimum absolute atomic E-state index is 0.804. The summed E-state index contributed by atoms with van der Waals surface area (Å²) in [7, 11) is 0. The van der Waals surface area contributed by atoms with Crippen LogP contribution >= 0.6 is 0 Å². The number of imidazole rings is 1. The van der Waals surface area contributed by atoms with Gasteiger partial charge in [0, 0.05) is 32.5 Å². The summed E-state index contributed by atoms with van der Waals surface area (Å²) in [6.45, 7) is 7.85. The van der Waals surface area contributed by atoms with Gasteiger partial charge in [0.25, 0.3) is 0 Å². The minimum atomic E-state index is 0.804. The summed E-state index contributed by atoms with van der Waals surface area (Å²) in [5.74, 6) is 3.92. The fraction of sp³-hybridized carbons (Fsp3) is 0.824. The van der Waals surface area contributed by atoms with E-state index in [-0.39, 0.29) is 0 Å². The first-order valence-corrected chi connectivity index (χ1v) is 8.61. The van der Waals surface area contributed by atoms with Gasteiger partial charge in [-0.05, 0) is 57.3 Å². The molecule has 3 unspecified atom stereocenters. The zero-order chi connectivity index (χ0) is 14.7. The first-order chi connectivity index (χ1) is 10.3. The van der Waals surface area contributed by atoms with Crippen molar-refractivity contribution >= 4 is 5.95 Å². The van der Waals surface area contributed by atoms with Crippen molar-refractivity contribution in [2.75, 3.05) is 25.1 Å². The van der Waals surface area contributed by atoms with Gasteiger partial charge in [-0.25, -0.2) is 4.98 Å². The maximum atomic E-state index is 5.38. The quantitative estimate of drug-likeness (QED) is 0.745. The van der Waals surface area contributed by atoms with E-state index >= 15 is 0 Å². The predicted octanol–water partition coefficient (Wildman–Crippen LogP) is 3.47. The van der Waals surface area contributed by atoms with E-state index in [4.69, 9.17) is 4.74 Å². The number of nitrogens with one attached hydrogen (secondary N) is 1. The third kappa shape index (κ3) is 3.60. The van der Waals surface area contributed by atoms with Crippen molar-refractivity contribution in [1.29, 1.82) is 0 Å². The molecule has 0 spiro atoms. The van der Waals surface area contributed by atoms with Crippen LogP contribution < -0.4 is 5.32 Å². The van der Waals surface area contributed by atoms with Crippen LogP contribution in [0.3, 0.4) is 0 Å². The van der Waals surface area contributed by atoms with Crippen molar-refractivity contribution in [2.45, 2.75) is 52.5 Å². The second-order valence-electron chi connectivity index (χ2n) is 6.77. The summed E-state index contributed by atoms with van der Waals surface area (Å²) in [6, 6.07) is 0. The summed E-state index contributed by atoms with van der Waals surface area (Å²) in [5.41, 5.74) is 1.12. The van der Waals surface area contributed by atoms with Crippen molar-refractivity contribution in [3.63, 3.8) is 0 Å².